The quantitative estimate of drug-likeness (QED) is 0.664. The summed E-state index contributed by atoms with van der Waals surface area (Å²) in [5, 5.41) is 5.02. The molecule has 0 aliphatic carbocycles. The van der Waals surface area contributed by atoms with Crippen molar-refractivity contribution in [3.63, 3.8) is 0 Å². The minimum absolute atomic E-state index is 0.0564. The molecule has 0 spiro atoms. The molecule has 2 unspecified atom stereocenters. The molecule has 2 aliphatic rings. The lowest BCUT2D eigenvalue weighted by Gasteiger charge is -2.36. The Morgan fingerprint density at radius 3 is 2.53 bits per heavy atom. The Balaban J connectivity index is 1.44. The minimum atomic E-state index is -3.53. The van der Waals surface area contributed by atoms with Gasteiger partial charge in [0.15, 0.2) is 0 Å². The number of sulfonamides is 1. The van der Waals surface area contributed by atoms with Gasteiger partial charge < -0.3 is 10.2 Å². The molecule has 1 N–H and O–H groups in total. The first-order valence-corrected chi connectivity index (χ1v) is 13.6. The van der Waals surface area contributed by atoms with Crippen LogP contribution in [-0.4, -0.2) is 81.3 Å². The monoisotopic (exact) mass is 476 g/mol. The lowest BCUT2D eigenvalue weighted by Crippen LogP contribution is -2.50. The van der Waals surface area contributed by atoms with Gasteiger partial charge in [-0.2, -0.15) is 4.31 Å². The number of hydrogen-bond acceptors (Lipinski definition) is 6. The molecule has 1 aromatic heterocycles. The molecule has 174 valence electrons. The minimum Gasteiger partial charge on any atom is -0.348 e. The molecular weight excluding hydrogens is 444 g/mol. The van der Waals surface area contributed by atoms with Crippen molar-refractivity contribution in [2.24, 2.45) is 5.92 Å². The zero-order valence-corrected chi connectivity index (χ0v) is 20.2. The Kier molecular flexibility index (Phi) is 7.63. The molecule has 4 rings (SSSR count). The van der Waals surface area contributed by atoms with Gasteiger partial charge in [-0.25, -0.2) is 8.42 Å². The molecule has 0 saturated carbocycles. The van der Waals surface area contributed by atoms with Crippen LogP contribution in [0.4, 0.5) is 0 Å². The molecule has 7 nitrogen and oxygen atoms in total. The van der Waals surface area contributed by atoms with Crippen LogP contribution in [-0.2, 0) is 14.8 Å². The number of thiophene rings is 1. The van der Waals surface area contributed by atoms with Crippen LogP contribution in [0.3, 0.4) is 0 Å². The molecule has 2 atom stereocenters. The maximum Gasteiger partial charge on any atom is 0.252 e. The third-order valence-electron chi connectivity index (χ3n) is 6.40. The van der Waals surface area contributed by atoms with Crippen LogP contribution in [0.25, 0.3) is 0 Å². The van der Waals surface area contributed by atoms with Gasteiger partial charge in [0.2, 0.25) is 5.91 Å². The molecule has 0 bridgehead atoms. The van der Waals surface area contributed by atoms with Gasteiger partial charge in [-0.1, -0.05) is 36.4 Å². The fourth-order valence-corrected chi connectivity index (χ4v) is 7.08. The van der Waals surface area contributed by atoms with Crippen molar-refractivity contribution < 1.29 is 13.2 Å². The van der Waals surface area contributed by atoms with Gasteiger partial charge in [-0.15, -0.1) is 11.3 Å². The van der Waals surface area contributed by atoms with Crippen LogP contribution in [0.5, 0.6) is 0 Å². The summed E-state index contributed by atoms with van der Waals surface area (Å²) in [7, 11) is -1.40. The maximum absolute atomic E-state index is 13.3. The highest BCUT2D eigenvalue weighted by atomic mass is 32.2. The van der Waals surface area contributed by atoms with E-state index >= 15 is 0 Å². The Labute approximate surface area is 195 Å². The van der Waals surface area contributed by atoms with Crippen molar-refractivity contribution in [3.05, 3.63) is 53.4 Å². The molecule has 2 fully saturated rings. The molecule has 9 heteroatoms. The van der Waals surface area contributed by atoms with Crippen LogP contribution in [0.2, 0.25) is 0 Å². The van der Waals surface area contributed by atoms with Crippen molar-refractivity contribution in [2.75, 3.05) is 52.9 Å². The number of piperazine rings is 1. The Morgan fingerprint density at radius 2 is 1.84 bits per heavy atom. The van der Waals surface area contributed by atoms with Gasteiger partial charge >= 0.3 is 0 Å². The third kappa shape index (κ3) is 5.58. The summed E-state index contributed by atoms with van der Waals surface area (Å²) >= 11 is 1.22. The largest absolute Gasteiger partial charge is 0.348 e. The summed E-state index contributed by atoms with van der Waals surface area (Å²) in [5.74, 6) is -0.392. The van der Waals surface area contributed by atoms with E-state index in [4.69, 9.17) is 0 Å². The number of likely N-dealkylation sites (N-methyl/N-ethyl adjacent to an activating group) is 1. The lowest BCUT2D eigenvalue weighted by atomic mass is 9.97. The van der Waals surface area contributed by atoms with E-state index in [-0.39, 0.29) is 24.4 Å². The SMILES string of the molecule is CN1CCN(CC(NC(=O)C2CCCN(S(=O)(=O)c3cccs3)C2)c2ccccc2)CC1. The van der Waals surface area contributed by atoms with Gasteiger partial charge in [0.1, 0.15) is 4.21 Å². The first-order chi connectivity index (χ1) is 15.4. The van der Waals surface area contributed by atoms with Crippen LogP contribution < -0.4 is 5.32 Å². The van der Waals surface area contributed by atoms with Crippen LogP contribution >= 0.6 is 11.3 Å². The average Bonchev–Trinajstić information content (AvgIpc) is 3.37. The van der Waals surface area contributed by atoms with E-state index in [9.17, 15) is 13.2 Å². The molecule has 1 amide bonds. The van der Waals surface area contributed by atoms with Gasteiger partial charge in [-0.3, -0.25) is 9.69 Å². The highest BCUT2D eigenvalue weighted by Gasteiger charge is 2.34. The smallest absolute Gasteiger partial charge is 0.252 e. The summed E-state index contributed by atoms with van der Waals surface area (Å²) in [4.78, 5) is 18.0. The highest BCUT2D eigenvalue weighted by molar-refractivity contribution is 7.91. The first-order valence-electron chi connectivity index (χ1n) is 11.2. The Hall–Kier alpha value is -1.78. The number of nitrogens with one attached hydrogen (secondary N) is 1. The summed E-state index contributed by atoms with van der Waals surface area (Å²) in [6, 6.07) is 13.3. The van der Waals surface area contributed by atoms with Crippen LogP contribution in [0, 0.1) is 5.92 Å². The van der Waals surface area contributed by atoms with Crippen molar-refractivity contribution >= 4 is 27.3 Å². The van der Waals surface area contributed by atoms with Crippen molar-refractivity contribution in [1.29, 1.82) is 0 Å². The number of hydrogen-bond donors (Lipinski definition) is 1. The van der Waals surface area contributed by atoms with Gasteiger partial charge in [0.25, 0.3) is 10.0 Å². The van der Waals surface area contributed by atoms with Gasteiger partial charge in [0.05, 0.1) is 12.0 Å². The Morgan fingerprint density at radius 1 is 1.09 bits per heavy atom. The normalized spacial score (nSPS) is 22.5. The van der Waals surface area contributed by atoms with E-state index < -0.39 is 10.0 Å². The van der Waals surface area contributed by atoms with E-state index in [0.29, 0.717) is 23.6 Å². The summed E-state index contributed by atoms with van der Waals surface area (Å²) in [5.41, 5.74) is 1.08. The fourth-order valence-electron chi connectivity index (χ4n) is 4.41. The van der Waals surface area contributed by atoms with Crippen molar-refractivity contribution in [3.8, 4) is 0 Å². The molecular formula is C23H32N4O3S2. The number of rotatable bonds is 7. The zero-order chi connectivity index (χ0) is 22.6. The molecule has 2 aliphatic heterocycles. The molecule has 0 radical (unpaired) electrons. The second-order valence-electron chi connectivity index (χ2n) is 8.71. The van der Waals surface area contributed by atoms with E-state index in [0.717, 1.165) is 38.3 Å². The van der Waals surface area contributed by atoms with E-state index in [1.54, 1.807) is 17.5 Å². The fraction of sp³-hybridized carbons (Fsp3) is 0.522. The number of carbonyl (C=O) groups excluding carboxylic acids is 1. The maximum atomic E-state index is 13.3. The van der Waals surface area contributed by atoms with Gasteiger partial charge in [0, 0.05) is 45.8 Å². The number of piperidine rings is 1. The number of carbonyl (C=O) groups is 1. The molecule has 2 aromatic rings. The van der Waals surface area contributed by atoms with Gasteiger partial charge in [-0.05, 0) is 36.9 Å². The predicted octanol–water partition coefficient (Wildman–Crippen LogP) is 2.25. The van der Waals surface area contributed by atoms with Crippen molar-refractivity contribution in [1.82, 2.24) is 19.4 Å². The number of benzene rings is 1. The standard InChI is InChI=1S/C23H32N4O3S2/c1-25-12-14-26(15-13-25)18-21(19-7-3-2-4-8-19)24-23(28)20-9-5-11-27(17-20)32(29,30)22-10-6-16-31-22/h2-4,6-8,10,16,20-21H,5,9,11-15,17-18H2,1H3,(H,24,28). The lowest BCUT2D eigenvalue weighted by molar-refractivity contribution is -0.127. The van der Waals surface area contributed by atoms with E-state index in [2.05, 4.69) is 34.3 Å². The molecule has 3 heterocycles. The summed E-state index contributed by atoms with van der Waals surface area (Å²) in [6.07, 6.45) is 1.40. The average molecular weight is 477 g/mol. The van der Waals surface area contributed by atoms with Crippen molar-refractivity contribution in [2.45, 2.75) is 23.1 Å². The third-order valence-corrected chi connectivity index (χ3v) is 9.64. The summed E-state index contributed by atoms with van der Waals surface area (Å²) < 4.78 is 27.7. The second-order valence-corrected chi connectivity index (χ2v) is 11.8. The van der Waals surface area contributed by atoms with E-state index in [1.807, 2.05) is 18.2 Å². The topological polar surface area (TPSA) is 73.0 Å². The van der Waals surface area contributed by atoms with Crippen LogP contribution in [0.15, 0.2) is 52.1 Å². The van der Waals surface area contributed by atoms with Crippen LogP contribution in [0.1, 0.15) is 24.4 Å². The first kappa shape index (κ1) is 23.4. The molecule has 32 heavy (non-hydrogen) atoms. The Bertz CT molecular complexity index is 974. The predicted molar refractivity (Wildman–Crippen MR) is 127 cm³/mol. The second kappa shape index (κ2) is 10.4. The zero-order valence-electron chi connectivity index (χ0n) is 18.5. The van der Waals surface area contributed by atoms with E-state index in [1.165, 1.54) is 15.6 Å². The number of nitrogens with zero attached hydrogens (tertiary/aromatic N) is 3. The molecule has 1 aromatic carbocycles. The summed E-state index contributed by atoms with van der Waals surface area (Å²) in [6.45, 7) is 5.46. The number of amides is 1. The molecule has 2 saturated heterocycles. The highest BCUT2D eigenvalue weighted by Crippen LogP contribution is 2.27.